The molecule has 0 saturated heterocycles. The summed E-state index contributed by atoms with van der Waals surface area (Å²) in [6.07, 6.45) is 1.73. The summed E-state index contributed by atoms with van der Waals surface area (Å²) >= 11 is 0. The van der Waals surface area contributed by atoms with Crippen molar-refractivity contribution in [2.45, 2.75) is 39.7 Å². The van der Waals surface area contributed by atoms with Crippen LogP contribution in [-0.2, 0) is 16.0 Å². The number of benzene rings is 2. The molecule has 0 bridgehead atoms. The van der Waals surface area contributed by atoms with Gasteiger partial charge in [-0.1, -0.05) is 48.0 Å². The van der Waals surface area contributed by atoms with Gasteiger partial charge in [0.1, 0.15) is 0 Å². The SMILES string of the molecule is Cc1ccc(C(=O)OCC(=O)N[C@@H](C)CCc2ccccc2)c(C)c1. The number of nitrogens with one attached hydrogen (secondary N) is 1. The van der Waals surface area contributed by atoms with Crippen molar-refractivity contribution in [3.05, 3.63) is 70.8 Å². The first kappa shape index (κ1) is 18.7. The van der Waals surface area contributed by atoms with E-state index >= 15 is 0 Å². The predicted molar refractivity (Wildman–Crippen MR) is 98.6 cm³/mol. The smallest absolute Gasteiger partial charge is 0.338 e. The first-order chi connectivity index (χ1) is 12.0. The van der Waals surface area contributed by atoms with Crippen LogP contribution in [0.3, 0.4) is 0 Å². The zero-order chi connectivity index (χ0) is 18.2. The fourth-order valence-electron chi connectivity index (χ4n) is 2.67. The van der Waals surface area contributed by atoms with Gasteiger partial charge >= 0.3 is 5.97 Å². The lowest BCUT2D eigenvalue weighted by Gasteiger charge is -2.14. The van der Waals surface area contributed by atoms with Crippen molar-refractivity contribution in [1.82, 2.24) is 5.32 Å². The molecule has 2 rings (SSSR count). The molecule has 0 aliphatic heterocycles. The molecule has 1 N–H and O–H groups in total. The van der Waals surface area contributed by atoms with E-state index in [0.29, 0.717) is 5.56 Å². The Morgan fingerprint density at radius 1 is 1.08 bits per heavy atom. The molecule has 0 fully saturated rings. The summed E-state index contributed by atoms with van der Waals surface area (Å²) in [5, 5.41) is 2.86. The molecule has 0 heterocycles. The third kappa shape index (κ3) is 6.07. The van der Waals surface area contributed by atoms with Crippen LogP contribution >= 0.6 is 0 Å². The average molecular weight is 339 g/mol. The molecule has 1 amide bonds. The lowest BCUT2D eigenvalue weighted by atomic mass is 10.1. The summed E-state index contributed by atoms with van der Waals surface area (Å²) in [5.74, 6) is -0.747. The summed E-state index contributed by atoms with van der Waals surface area (Å²) in [4.78, 5) is 24.0. The highest BCUT2D eigenvalue weighted by molar-refractivity contribution is 5.92. The van der Waals surface area contributed by atoms with E-state index in [1.807, 2.05) is 51.1 Å². The van der Waals surface area contributed by atoms with Gasteiger partial charge in [-0.2, -0.15) is 0 Å². The van der Waals surface area contributed by atoms with Crippen LogP contribution in [0.4, 0.5) is 0 Å². The second-order valence-corrected chi connectivity index (χ2v) is 6.39. The molecular weight excluding hydrogens is 314 g/mol. The Hall–Kier alpha value is -2.62. The molecule has 25 heavy (non-hydrogen) atoms. The van der Waals surface area contributed by atoms with Crippen LogP contribution in [0.2, 0.25) is 0 Å². The van der Waals surface area contributed by atoms with Crippen molar-refractivity contribution < 1.29 is 14.3 Å². The third-order valence-electron chi connectivity index (χ3n) is 4.05. The van der Waals surface area contributed by atoms with Crippen molar-refractivity contribution in [2.24, 2.45) is 0 Å². The number of carbonyl (C=O) groups is 2. The number of hydrogen-bond donors (Lipinski definition) is 1. The van der Waals surface area contributed by atoms with Crippen LogP contribution in [0.15, 0.2) is 48.5 Å². The minimum atomic E-state index is -0.468. The van der Waals surface area contributed by atoms with Gasteiger partial charge in [0.05, 0.1) is 5.56 Å². The molecule has 0 radical (unpaired) electrons. The van der Waals surface area contributed by atoms with Gasteiger partial charge in [-0.15, -0.1) is 0 Å². The number of esters is 1. The standard InChI is InChI=1S/C21H25NO3/c1-15-9-12-19(16(2)13-15)21(24)25-14-20(23)22-17(3)10-11-18-7-5-4-6-8-18/h4-9,12-13,17H,10-11,14H2,1-3H3,(H,22,23)/t17-/m0/s1. The van der Waals surface area contributed by atoms with E-state index in [1.54, 1.807) is 6.07 Å². The first-order valence-electron chi connectivity index (χ1n) is 8.53. The number of carbonyl (C=O) groups excluding carboxylic acids is 2. The Labute approximate surface area is 149 Å². The molecule has 0 spiro atoms. The van der Waals surface area contributed by atoms with Gasteiger partial charge in [0, 0.05) is 6.04 Å². The minimum Gasteiger partial charge on any atom is -0.452 e. The molecule has 1 atom stereocenters. The normalized spacial score (nSPS) is 11.6. The molecule has 2 aromatic rings. The molecule has 2 aromatic carbocycles. The fourth-order valence-corrected chi connectivity index (χ4v) is 2.67. The monoisotopic (exact) mass is 339 g/mol. The van der Waals surface area contributed by atoms with Crippen LogP contribution in [0.25, 0.3) is 0 Å². The topological polar surface area (TPSA) is 55.4 Å². The molecule has 0 aliphatic rings. The van der Waals surface area contributed by atoms with Gasteiger partial charge < -0.3 is 10.1 Å². The summed E-state index contributed by atoms with van der Waals surface area (Å²) in [5.41, 5.74) is 3.67. The van der Waals surface area contributed by atoms with Crippen molar-refractivity contribution in [3.63, 3.8) is 0 Å². The van der Waals surface area contributed by atoms with E-state index in [-0.39, 0.29) is 18.6 Å². The maximum Gasteiger partial charge on any atom is 0.338 e. The predicted octanol–water partition coefficient (Wildman–Crippen LogP) is 3.60. The quantitative estimate of drug-likeness (QED) is 0.784. The number of hydrogen-bond acceptors (Lipinski definition) is 3. The minimum absolute atomic E-state index is 0.0209. The molecule has 0 aromatic heterocycles. The van der Waals surface area contributed by atoms with E-state index in [4.69, 9.17) is 4.74 Å². The van der Waals surface area contributed by atoms with Gasteiger partial charge in [0.25, 0.3) is 5.91 Å². The van der Waals surface area contributed by atoms with Crippen LogP contribution in [0, 0.1) is 13.8 Å². The summed E-state index contributed by atoms with van der Waals surface area (Å²) in [6.45, 7) is 5.51. The molecular formula is C21H25NO3. The van der Waals surface area contributed by atoms with Crippen molar-refractivity contribution in [3.8, 4) is 0 Å². The van der Waals surface area contributed by atoms with Crippen molar-refractivity contribution in [1.29, 1.82) is 0 Å². The summed E-state index contributed by atoms with van der Waals surface area (Å²) < 4.78 is 5.12. The summed E-state index contributed by atoms with van der Waals surface area (Å²) in [6, 6.07) is 15.7. The third-order valence-corrected chi connectivity index (χ3v) is 4.05. The fraction of sp³-hybridized carbons (Fsp3) is 0.333. The zero-order valence-electron chi connectivity index (χ0n) is 15.0. The average Bonchev–Trinajstić information content (AvgIpc) is 2.59. The highest BCUT2D eigenvalue weighted by atomic mass is 16.5. The van der Waals surface area contributed by atoms with Crippen molar-refractivity contribution >= 4 is 11.9 Å². The summed E-state index contributed by atoms with van der Waals surface area (Å²) in [7, 11) is 0. The lowest BCUT2D eigenvalue weighted by Crippen LogP contribution is -2.36. The highest BCUT2D eigenvalue weighted by Gasteiger charge is 2.14. The van der Waals surface area contributed by atoms with Crippen LogP contribution in [0.1, 0.15) is 40.4 Å². The van der Waals surface area contributed by atoms with Crippen LogP contribution < -0.4 is 5.32 Å². The molecule has 4 nitrogen and oxygen atoms in total. The van der Waals surface area contributed by atoms with Gasteiger partial charge in [0.15, 0.2) is 6.61 Å². The Bertz CT molecular complexity index is 725. The van der Waals surface area contributed by atoms with Crippen LogP contribution in [0.5, 0.6) is 0 Å². The van der Waals surface area contributed by atoms with E-state index < -0.39 is 5.97 Å². The van der Waals surface area contributed by atoms with Crippen molar-refractivity contribution in [2.75, 3.05) is 6.61 Å². The Morgan fingerprint density at radius 2 is 1.80 bits per heavy atom. The molecule has 0 aliphatic carbocycles. The van der Waals surface area contributed by atoms with Crippen LogP contribution in [-0.4, -0.2) is 24.5 Å². The second kappa shape index (κ2) is 9.02. The Balaban J connectivity index is 1.75. The Morgan fingerprint density at radius 3 is 2.48 bits per heavy atom. The molecule has 132 valence electrons. The van der Waals surface area contributed by atoms with E-state index in [1.165, 1.54) is 5.56 Å². The maximum absolute atomic E-state index is 12.1. The van der Waals surface area contributed by atoms with E-state index in [9.17, 15) is 9.59 Å². The Kier molecular flexibility index (Phi) is 6.75. The zero-order valence-corrected chi connectivity index (χ0v) is 15.0. The number of aryl methyl sites for hydroxylation is 3. The van der Waals surface area contributed by atoms with Gasteiger partial charge in [-0.05, 0) is 50.8 Å². The van der Waals surface area contributed by atoms with E-state index in [0.717, 1.165) is 24.0 Å². The van der Waals surface area contributed by atoms with Gasteiger partial charge in [-0.25, -0.2) is 4.79 Å². The molecule has 0 saturated carbocycles. The first-order valence-corrected chi connectivity index (χ1v) is 8.53. The lowest BCUT2D eigenvalue weighted by molar-refractivity contribution is -0.124. The van der Waals surface area contributed by atoms with Gasteiger partial charge in [0.2, 0.25) is 0 Å². The maximum atomic E-state index is 12.1. The largest absolute Gasteiger partial charge is 0.452 e. The number of rotatable bonds is 7. The highest BCUT2D eigenvalue weighted by Crippen LogP contribution is 2.11. The number of ether oxygens (including phenoxy) is 1. The molecule has 0 unspecified atom stereocenters. The van der Waals surface area contributed by atoms with E-state index in [2.05, 4.69) is 17.4 Å². The molecule has 4 heteroatoms. The van der Waals surface area contributed by atoms with Gasteiger partial charge in [-0.3, -0.25) is 4.79 Å². The second-order valence-electron chi connectivity index (χ2n) is 6.39. The number of amides is 1.